The summed E-state index contributed by atoms with van der Waals surface area (Å²) in [4.78, 5) is 4.31. The zero-order valence-corrected chi connectivity index (χ0v) is 15.2. The van der Waals surface area contributed by atoms with E-state index in [1.54, 1.807) is 0 Å². The molecular weight excluding hydrogens is 414 g/mol. The molecule has 3 aromatic rings. The Hall–Kier alpha value is -2.99. The smallest absolute Gasteiger partial charge is 0.248 e. The highest BCUT2D eigenvalue weighted by Crippen LogP contribution is 2.36. The Bertz CT molecular complexity index is 1080. The first-order valence-electron chi connectivity index (χ1n) is 8.01. The molecule has 0 amide bonds. The van der Waals surface area contributed by atoms with Gasteiger partial charge in [-0.25, -0.2) is 4.98 Å². The van der Waals surface area contributed by atoms with E-state index in [0.29, 0.717) is 5.56 Å². The molecule has 29 heavy (non-hydrogen) atoms. The Morgan fingerprint density at radius 1 is 0.793 bits per heavy atom. The van der Waals surface area contributed by atoms with E-state index in [9.17, 15) is 31.6 Å². The number of pyridine rings is 1. The van der Waals surface area contributed by atoms with Crippen molar-refractivity contribution in [3.63, 3.8) is 0 Å². The van der Waals surface area contributed by atoms with Crippen LogP contribution in [0.2, 0.25) is 0 Å². The first kappa shape index (κ1) is 20.7. The zero-order valence-electron chi connectivity index (χ0n) is 14.3. The molecule has 0 radical (unpaired) electrons. The van der Waals surface area contributed by atoms with Crippen LogP contribution in [-0.2, 0) is 12.4 Å². The molecule has 0 saturated carbocycles. The molecule has 0 fully saturated rings. The number of halogens is 6. The molecule has 0 spiro atoms. The summed E-state index contributed by atoms with van der Waals surface area (Å²) in [6.45, 7) is 0. The lowest BCUT2D eigenvalue weighted by molar-refractivity contribution is -0.138. The minimum absolute atomic E-state index is 0.0438. The van der Waals surface area contributed by atoms with Gasteiger partial charge in [-0.3, -0.25) is 0 Å². The molecule has 2 nitrogen and oxygen atoms in total. The molecule has 3 rings (SSSR count). The van der Waals surface area contributed by atoms with Gasteiger partial charge in [-0.2, -0.15) is 31.6 Å². The van der Waals surface area contributed by atoms with Gasteiger partial charge in [0.1, 0.15) is 11.1 Å². The van der Waals surface area contributed by atoms with Gasteiger partial charge in [-0.1, -0.05) is 30.0 Å². The first-order valence-corrected chi connectivity index (χ1v) is 8.82. The highest BCUT2D eigenvalue weighted by molar-refractivity contribution is 7.99. The lowest BCUT2D eigenvalue weighted by atomic mass is 10.0. The van der Waals surface area contributed by atoms with E-state index in [1.807, 2.05) is 6.07 Å². The standard InChI is InChI=1S/C20H10F6N2S/c21-19(22,23)15-4-1-3-12(8-15)14-7-13(10-27)18(28-11-14)29-17-6-2-5-16(9-17)20(24,25)26/h1-9,11H. The third-order valence-electron chi connectivity index (χ3n) is 3.87. The summed E-state index contributed by atoms with van der Waals surface area (Å²) in [7, 11) is 0. The van der Waals surface area contributed by atoms with Gasteiger partial charge >= 0.3 is 12.4 Å². The topological polar surface area (TPSA) is 36.7 Å². The predicted octanol–water partition coefficient (Wildman–Crippen LogP) is 6.81. The van der Waals surface area contributed by atoms with Crippen molar-refractivity contribution in [1.82, 2.24) is 4.98 Å². The minimum Gasteiger partial charge on any atom is -0.248 e. The molecule has 2 aromatic carbocycles. The van der Waals surface area contributed by atoms with Crippen LogP contribution in [0.3, 0.4) is 0 Å². The SMILES string of the molecule is N#Cc1cc(-c2cccc(C(F)(F)F)c2)cnc1Sc1cccc(C(F)(F)F)c1. The van der Waals surface area contributed by atoms with Crippen molar-refractivity contribution in [3.05, 3.63) is 77.5 Å². The number of aromatic nitrogens is 1. The second-order valence-electron chi connectivity index (χ2n) is 5.89. The highest BCUT2D eigenvalue weighted by atomic mass is 32.2. The fourth-order valence-corrected chi connectivity index (χ4v) is 3.37. The Morgan fingerprint density at radius 2 is 1.41 bits per heavy atom. The fraction of sp³-hybridized carbons (Fsp3) is 0.100. The molecule has 148 valence electrons. The molecule has 0 N–H and O–H groups in total. The second-order valence-corrected chi connectivity index (χ2v) is 6.96. The molecule has 0 saturated heterocycles. The first-order chi connectivity index (χ1) is 13.6. The molecule has 1 aromatic heterocycles. The summed E-state index contributed by atoms with van der Waals surface area (Å²) in [5.41, 5.74) is -1.11. The Balaban J connectivity index is 1.94. The molecule has 0 unspecified atom stereocenters. The van der Waals surface area contributed by atoms with E-state index < -0.39 is 23.5 Å². The van der Waals surface area contributed by atoms with E-state index in [0.717, 1.165) is 36.0 Å². The van der Waals surface area contributed by atoms with E-state index >= 15 is 0 Å². The molecular formula is C20H10F6N2S. The lowest BCUT2D eigenvalue weighted by Gasteiger charge is -2.11. The predicted molar refractivity (Wildman–Crippen MR) is 95.0 cm³/mol. The maximum atomic E-state index is 12.9. The number of alkyl halides is 6. The van der Waals surface area contributed by atoms with Crippen molar-refractivity contribution in [2.75, 3.05) is 0 Å². The van der Waals surface area contributed by atoms with Crippen LogP contribution in [0.25, 0.3) is 11.1 Å². The molecule has 0 aliphatic heterocycles. The van der Waals surface area contributed by atoms with Crippen LogP contribution in [0.1, 0.15) is 16.7 Å². The van der Waals surface area contributed by atoms with Crippen molar-refractivity contribution >= 4 is 11.8 Å². The monoisotopic (exact) mass is 424 g/mol. The number of rotatable bonds is 3. The van der Waals surface area contributed by atoms with Crippen molar-refractivity contribution in [1.29, 1.82) is 5.26 Å². The van der Waals surface area contributed by atoms with Gasteiger partial charge in [0.2, 0.25) is 0 Å². The Morgan fingerprint density at radius 3 is 2.03 bits per heavy atom. The van der Waals surface area contributed by atoms with Crippen molar-refractivity contribution < 1.29 is 26.3 Å². The number of nitriles is 1. The summed E-state index contributed by atoms with van der Waals surface area (Å²) >= 11 is 0.867. The van der Waals surface area contributed by atoms with Crippen LogP contribution in [0.15, 0.2) is 70.7 Å². The highest BCUT2D eigenvalue weighted by Gasteiger charge is 2.31. The molecule has 1 heterocycles. The number of benzene rings is 2. The Labute approximate surface area is 165 Å². The third kappa shape index (κ3) is 4.90. The van der Waals surface area contributed by atoms with Crippen LogP contribution in [0, 0.1) is 11.3 Å². The van der Waals surface area contributed by atoms with Gasteiger partial charge in [0.15, 0.2) is 0 Å². The van der Waals surface area contributed by atoms with Gasteiger partial charge in [-0.15, -0.1) is 0 Å². The molecule has 0 atom stereocenters. The van der Waals surface area contributed by atoms with Gasteiger partial charge in [0.05, 0.1) is 16.7 Å². The van der Waals surface area contributed by atoms with Crippen LogP contribution >= 0.6 is 11.8 Å². The number of nitrogens with zero attached hydrogens (tertiary/aromatic N) is 2. The molecule has 0 bridgehead atoms. The second kappa shape index (κ2) is 7.79. The Kier molecular flexibility index (Phi) is 5.57. The largest absolute Gasteiger partial charge is 0.416 e. The van der Waals surface area contributed by atoms with Crippen molar-refractivity contribution in [2.45, 2.75) is 22.3 Å². The van der Waals surface area contributed by atoms with E-state index in [2.05, 4.69) is 4.98 Å². The van der Waals surface area contributed by atoms with Crippen LogP contribution in [0.5, 0.6) is 0 Å². The summed E-state index contributed by atoms with van der Waals surface area (Å²) in [6.07, 6.45) is -7.73. The molecule has 0 aliphatic rings. The van der Waals surface area contributed by atoms with Crippen molar-refractivity contribution in [3.8, 4) is 17.2 Å². The van der Waals surface area contributed by atoms with Crippen LogP contribution in [0.4, 0.5) is 26.3 Å². The normalized spacial score (nSPS) is 11.9. The molecule has 9 heteroatoms. The van der Waals surface area contributed by atoms with Gasteiger partial charge in [0.25, 0.3) is 0 Å². The van der Waals surface area contributed by atoms with Crippen molar-refractivity contribution in [2.24, 2.45) is 0 Å². The third-order valence-corrected chi connectivity index (χ3v) is 4.88. The number of hydrogen-bond acceptors (Lipinski definition) is 3. The summed E-state index contributed by atoms with van der Waals surface area (Å²) in [5, 5.41) is 9.53. The quantitative estimate of drug-likeness (QED) is 0.434. The van der Waals surface area contributed by atoms with Gasteiger partial charge in [-0.05, 0) is 42.0 Å². The van der Waals surface area contributed by atoms with Gasteiger partial charge < -0.3 is 0 Å². The summed E-state index contributed by atoms with van der Waals surface area (Å²) in [5.74, 6) is 0. The molecule has 0 aliphatic carbocycles. The fourth-order valence-electron chi connectivity index (χ4n) is 2.49. The maximum Gasteiger partial charge on any atom is 0.416 e. The van der Waals surface area contributed by atoms with Crippen LogP contribution < -0.4 is 0 Å². The summed E-state index contributed by atoms with van der Waals surface area (Å²) < 4.78 is 77.3. The van der Waals surface area contributed by atoms with E-state index in [4.69, 9.17) is 0 Å². The van der Waals surface area contributed by atoms with Crippen LogP contribution in [-0.4, -0.2) is 4.98 Å². The van der Waals surface area contributed by atoms with E-state index in [1.165, 1.54) is 36.5 Å². The zero-order chi connectivity index (χ0) is 21.2. The maximum absolute atomic E-state index is 12.9. The summed E-state index contributed by atoms with van der Waals surface area (Å²) in [6, 6.07) is 12.4. The van der Waals surface area contributed by atoms with Gasteiger partial charge in [0, 0.05) is 16.7 Å². The van der Waals surface area contributed by atoms with E-state index in [-0.39, 0.29) is 21.0 Å². The number of hydrogen-bond donors (Lipinski definition) is 0. The minimum atomic E-state index is -4.51. The average molecular weight is 424 g/mol. The lowest BCUT2D eigenvalue weighted by Crippen LogP contribution is -2.04. The average Bonchev–Trinajstić information content (AvgIpc) is 2.67.